The molecule has 0 aliphatic heterocycles. The van der Waals surface area contributed by atoms with Gasteiger partial charge in [-0.15, -0.1) is 0 Å². The number of rotatable bonds is 5. The molecule has 4 nitrogen and oxygen atoms in total. The highest BCUT2D eigenvalue weighted by atomic mass is 32.2. The van der Waals surface area contributed by atoms with Gasteiger partial charge in [0.2, 0.25) is 0 Å². The van der Waals surface area contributed by atoms with E-state index in [0.717, 1.165) is 34.9 Å². The molecule has 0 fully saturated rings. The van der Waals surface area contributed by atoms with E-state index in [4.69, 9.17) is 4.42 Å². The number of nitrogens with zero attached hydrogens (tertiary/aromatic N) is 2. The van der Waals surface area contributed by atoms with Crippen LogP contribution in [-0.4, -0.2) is 16.5 Å². The van der Waals surface area contributed by atoms with Crippen molar-refractivity contribution in [3.63, 3.8) is 0 Å². The maximum atomic E-state index is 5.68. The third-order valence-electron chi connectivity index (χ3n) is 2.75. The monoisotopic (exact) mass is 285 g/mol. The predicted molar refractivity (Wildman–Crippen MR) is 81.1 cm³/mol. The van der Waals surface area contributed by atoms with E-state index in [0.29, 0.717) is 5.22 Å². The van der Waals surface area contributed by atoms with Gasteiger partial charge in [-0.3, -0.25) is 0 Å². The molecule has 0 aliphatic rings. The van der Waals surface area contributed by atoms with E-state index < -0.39 is 0 Å². The quantitative estimate of drug-likeness (QED) is 0.761. The Labute approximate surface area is 121 Å². The smallest absolute Gasteiger partial charge is 0.263 e. The summed E-state index contributed by atoms with van der Waals surface area (Å²) in [6.07, 6.45) is 1.07. The van der Waals surface area contributed by atoms with Crippen LogP contribution < -0.4 is 5.32 Å². The van der Waals surface area contributed by atoms with Gasteiger partial charge in [-0.1, -0.05) is 25.1 Å². The summed E-state index contributed by atoms with van der Waals surface area (Å²) >= 11 is 1.43. The number of hydrogen-bond acceptors (Lipinski definition) is 5. The molecule has 102 valence electrons. The van der Waals surface area contributed by atoms with E-state index in [1.165, 1.54) is 11.8 Å². The summed E-state index contributed by atoms with van der Waals surface area (Å²) in [6, 6.07) is 13.6. The number of anilines is 1. The second kappa shape index (κ2) is 5.96. The number of hydrogen-bond donors (Lipinski definition) is 1. The van der Waals surface area contributed by atoms with E-state index in [9.17, 15) is 0 Å². The fraction of sp³-hybridized carbons (Fsp3) is 0.200. The number of pyridine rings is 1. The van der Waals surface area contributed by atoms with Gasteiger partial charge < -0.3 is 9.73 Å². The van der Waals surface area contributed by atoms with Crippen molar-refractivity contribution in [1.29, 1.82) is 0 Å². The molecule has 0 unspecified atom stereocenters. The maximum Gasteiger partial charge on any atom is 0.263 e. The van der Waals surface area contributed by atoms with Crippen LogP contribution in [0.2, 0.25) is 0 Å². The summed E-state index contributed by atoms with van der Waals surface area (Å²) in [6.45, 7) is 3.05. The minimum atomic E-state index is 0.617. The van der Waals surface area contributed by atoms with Crippen LogP contribution in [-0.2, 0) is 0 Å². The molecule has 20 heavy (non-hydrogen) atoms. The lowest BCUT2D eigenvalue weighted by atomic mass is 10.3. The van der Waals surface area contributed by atoms with Gasteiger partial charge in [0.15, 0.2) is 5.58 Å². The molecule has 0 radical (unpaired) electrons. The Kier molecular flexibility index (Phi) is 3.87. The second-order valence-corrected chi connectivity index (χ2v) is 5.31. The van der Waals surface area contributed by atoms with Gasteiger partial charge in [0, 0.05) is 6.54 Å². The Balaban J connectivity index is 1.79. The third-order valence-corrected chi connectivity index (χ3v) is 3.53. The summed E-state index contributed by atoms with van der Waals surface area (Å²) in [5, 5.41) is 4.76. The van der Waals surface area contributed by atoms with Crippen molar-refractivity contribution in [3.05, 3.63) is 42.5 Å². The predicted octanol–water partition coefficient (Wildman–Crippen LogP) is 4.20. The van der Waals surface area contributed by atoms with Gasteiger partial charge in [-0.05, 0) is 42.4 Å². The van der Waals surface area contributed by atoms with Gasteiger partial charge >= 0.3 is 0 Å². The highest BCUT2D eigenvalue weighted by Crippen LogP contribution is 2.29. The van der Waals surface area contributed by atoms with Crippen LogP contribution in [0.3, 0.4) is 0 Å². The molecule has 2 heterocycles. The summed E-state index contributed by atoms with van der Waals surface area (Å²) in [5.41, 5.74) is 1.67. The SMILES string of the molecule is CCCNc1cccc(Sc2nc3ccccc3o2)n1. The first-order chi connectivity index (χ1) is 9.85. The standard InChI is InChI=1S/C15H15N3OS/c1-2-10-16-13-8-5-9-14(18-13)20-15-17-11-6-3-4-7-12(11)19-15/h3-9H,2,10H2,1H3,(H,16,18). The molecule has 0 atom stereocenters. The number of fused-ring (bicyclic) bond motifs is 1. The lowest BCUT2D eigenvalue weighted by molar-refractivity contribution is 0.489. The van der Waals surface area contributed by atoms with Crippen LogP contribution in [0, 0.1) is 0 Å². The first-order valence-corrected chi connectivity index (χ1v) is 7.41. The zero-order valence-corrected chi connectivity index (χ0v) is 12.0. The molecule has 0 saturated heterocycles. The number of nitrogens with one attached hydrogen (secondary N) is 1. The Morgan fingerprint density at radius 3 is 2.85 bits per heavy atom. The van der Waals surface area contributed by atoms with E-state index >= 15 is 0 Å². The van der Waals surface area contributed by atoms with Crippen LogP contribution in [0.4, 0.5) is 5.82 Å². The Bertz CT molecular complexity index is 678. The van der Waals surface area contributed by atoms with Crippen molar-refractivity contribution >= 4 is 28.7 Å². The molecule has 0 spiro atoms. The van der Waals surface area contributed by atoms with Crippen molar-refractivity contribution in [2.24, 2.45) is 0 Å². The van der Waals surface area contributed by atoms with Crippen LogP contribution in [0.1, 0.15) is 13.3 Å². The van der Waals surface area contributed by atoms with Crippen LogP contribution >= 0.6 is 11.8 Å². The molecule has 0 amide bonds. The molecule has 3 aromatic rings. The van der Waals surface area contributed by atoms with E-state index in [1.54, 1.807) is 0 Å². The molecule has 3 rings (SSSR count). The van der Waals surface area contributed by atoms with Gasteiger partial charge in [-0.25, -0.2) is 9.97 Å². The normalized spacial score (nSPS) is 10.8. The van der Waals surface area contributed by atoms with Gasteiger partial charge in [0.25, 0.3) is 5.22 Å². The molecular formula is C15H15N3OS. The van der Waals surface area contributed by atoms with Crippen LogP contribution in [0.15, 0.2) is 57.1 Å². The first-order valence-electron chi connectivity index (χ1n) is 6.59. The molecule has 5 heteroatoms. The fourth-order valence-corrected chi connectivity index (χ4v) is 2.55. The van der Waals surface area contributed by atoms with E-state index in [2.05, 4.69) is 22.2 Å². The molecule has 0 aliphatic carbocycles. The largest absolute Gasteiger partial charge is 0.431 e. The molecule has 1 N–H and O–H groups in total. The summed E-state index contributed by atoms with van der Waals surface area (Å²) in [5.74, 6) is 0.882. The number of benzene rings is 1. The number of oxazole rings is 1. The molecule has 0 bridgehead atoms. The second-order valence-electron chi connectivity index (χ2n) is 4.34. The van der Waals surface area contributed by atoms with E-state index in [-0.39, 0.29) is 0 Å². The third kappa shape index (κ3) is 2.93. The minimum absolute atomic E-state index is 0.617. The Morgan fingerprint density at radius 1 is 1.10 bits per heavy atom. The van der Waals surface area contributed by atoms with Crippen molar-refractivity contribution in [2.75, 3.05) is 11.9 Å². The Morgan fingerprint density at radius 2 is 2.00 bits per heavy atom. The summed E-state index contributed by atoms with van der Waals surface area (Å²) in [7, 11) is 0. The summed E-state index contributed by atoms with van der Waals surface area (Å²) < 4.78 is 5.68. The Hall–Kier alpha value is -2.01. The van der Waals surface area contributed by atoms with Crippen molar-refractivity contribution < 1.29 is 4.42 Å². The topological polar surface area (TPSA) is 51.0 Å². The van der Waals surface area contributed by atoms with Crippen molar-refractivity contribution in [2.45, 2.75) is 23.6 Å². The molecule has 2 aromatic heterocycles. The average Bonchev–Trinajstić information content (AvgIpc) is 2.87. The van der Waals surface area contributed by atoms with Crippen molar-refractivity contribution in [1.82, 2.24) is 9.97 Å². The first kappa shape index (κ1) is 13.0. The highest BCUT2D eigenvalue weighted by molar-refractivity contribution is 7.99. The van der Waals surface area contributed by atoms with Crippen LogP contribution in [0.25, 0.3) is 11.1 Å². The van der Waals surface area contributed by atoms with Gasteiger partial charge in [0.1, 0.15) is 16.4 Å². The lowest BCUT2D eigenvalue weighted by Crippen LogP contribution is -2.01. The highest BCUT2D eigenvalue weighted by Gasteiger charge is 2.08. The van der Waals surface area contributed by atoms with Gasteiger partial charge in [0.05, 0.1) is 0 Å². The minimum Gasteiger partial charge on any atom is -0.431 e. The zero-order valence-electron chi connectivity index (χ0n) is 11.2. The maximum absolute atomic E-state index is 5.68. The van der Waals surface area contributed by atoms with Gasteiger partial charge in [-0.2, -0.15) is 0 Å². The fourth-order valence-electron chi connectivity index (χ4n) is 1.81. The molecule has 0 saturated carbocycles. The summed E-state index contributed by atoms with van der Waals surface area (Å²) in [4.78, 5) is 8.96. The van der Waals surface area contributed by atoms with Crippen LogP contribution in [0.5, 0.6) is 0 Å². The zero-order chi connectivity index (χ0) is 13.8. The average molecular weight is 285 g/mol. The van der Waals surface area contributed by atoms with Crippen molar-refractivity contribution in [3.8, 4) is 0 Å². The molecular weight excluding hydrogens is 270 g/mol. The number of para-hydroxylation sites is 2. The van der Waals surface area contributed by atoms with E-state index in [1.807, 2.05) is 42.5 Å². The lowest BCUT2D eigenvalue weighted by Gasteiger charge is -2.04. The molecule has 1 aromatic carbocycles. The number of aromatic nitrogens is 2.